The smallest absolute Gasteiger partial charge is 0.0499 e. The van der Waals surface area contributed by atoms with Gasteiger partial charge in [-0.1, -0.05) is 43.4 Å². The van der Waals surface area contributed by atoms with Crippen molar-refractivity contribution in [3.63, 3.8) is 0 Å². The van der Waals surface area contributed by atoms with E-state index in [1.54, 1.807) is 0 Å². The van der Waals surface area contributed by atoms with Crippen molar-refractivity contribution in [3.8, 4) is 0 Å². The largest absolute Gasteiger partial charge is 0.346 e. The van der Waals surface area contributed by atoms with E-state index in [-0.39, 0.29) is 0 Å². The van der Waals surface area contributed by atoms with Crippen molar-refractivity contribution in [2.45, 2.75) is 51.1 Å². The van der Waals surface area contributed by atoms with E-state index in [2.05, 4.69) is 28.2 Å². The summed E-state index contributed by atoms with van der Waals surface area (Å²) in [6.07, 6.45) is 10.4. The minimum Gasteiger partial charge on any atom is -0.346 e. The normalized spacial score (nSPS) is 17.4. The van der Waals surface area contributed by atoms with Gasteiger partial charge in [0.25, 0.3) is 0 Å². The number of hydrogen-bond donors (Lipinski definition) is 1. The standard InChI is InChI=1S/C17H23ClN2/c18-16-8-5-9-17-15(16)10-12-20(17)13-11-19-14-6-3-1-2-4-7-14/h5,8-10,12,14,19H,1-4,6-7,11,13H2. The molecule has 3 heteroatoms. The van der Waals surface area contributed by atoms with Crippen molar-refractivity contribution < 1.29 is 0 Å². The Balaban J connectivity index is 1.58. The Morgan fingerprint density at radius 1 is 1.10 bits per heavy atom. The Kier molecular flexibility index (Phi) is 4.64. The molecule has 1 saturated carbocycles. The Labute approximate surface area is 126 Å². The average molecular weight is 291 g/mol. The molecule has 1 aromatic carbocycles. The predicted molar refractivity (Wildman–Crippen MR) is 86.4 cm³/mol. The summed E-state index contributed by atoms with van der Waals surface area (Å²) >= 11 is 6.22. The summed E-state index contributed by atoms with van der Waals surface area (Å²) in [4.78, 5) is 0. The van der Waals surface area contributed by atoms with Crippen LogP contribution in [0.15, 0.2) is 30.5 Å². The number of nitrogens with zero attached hydrogens (tertiary/aromatic N) is 1. The van der Waals surface area contributed by atoms with Gasteiger partial charge in [0.2, 0.25) is 0 Å². The Morgan fingerprint density at radius 3 is 2.70 bits per heavy atom. The molecule has 108 valence electrons. The Bertz CT molecular complexity index is 553. The molecule has 1 aromatic heterocycles. The van der Waals surface area contributed by atoms with Gasteiger partial charge in [0.15, 0.2) is 0 Å². The van der Waals surface area contributed by atoms with E-state index in [0.717, 1.165) is 29.5 Å². The molecule has 20 heavy (non-hydrogen) atoms. The van der Waals surface area contributed by atoms with Crippen LogP contribution in [0.2, 0.25) is 5.02 Å². The molecular formula is C17H23ClN2. The lowest BCUT2D eigenvalue weighted by molar-refractivity contribution is 0.447. The topological polar surface area (TPSA) is 17.0 Å². The van der Waals surface area contributed by atoms with Crippen LogP contribution in [0.4, 0.5) is 0 Å². The van der Waals surface area contributed by atoms with Crippen LogP contribution in [0.5, 0.6) is 0 Å². The highest BCUT2D eigenvalue weighted by Gasteiger charge is 2.11. The molecule has 3 rings (SSSR count). The van der Waals surface area contributed by atoms with Gasteiger partial charge in [-0.05, 0) is 31.0 Å². The third-order valence-electron chi connectivity index (χ3n) is 4.40. The van der Waals surface area contributed by atoms with Gasteiger partial charge in [0.1, 0.15) is 0 Å². The van der Waals surface area contributed by atoms with Crippen LogP contribution in [0.25, 0.3) is 10.9 Å². The molecule has 0 unspecified atom stereocenters. The van der Waals surface area contributed by atoms with E-state index in [1.165, 1.54) is 44.0 Å². The summed E-state index contributed by atoms with van der Waals surface area (Å²) in [6, 6.07) is 8.97. The molecule has 1 aliphatic carbocycles. The molecule has 0 spiro atoms. The first-order valence-electron chi connectivity index (χ1n) is 7.81. The van der Waals surface area contributed by atoms with Gasteiger partial charge in [0.05, 0.1) is 0 Å². The van der Waals surface area contributed by atoms with Crippen LogP contribution in [-0.4, -0.2) is 17.2 Å². The van der Waals surface area contributed by atoms with Gasteiger partial charge < -0.3 is 9.88 Å². The number of nitrogens with one attached hydrogen (secondary N) is 1. The molecule has 1 fully saturated rings. The first kappa shape index (κ1) is 14.0. The van der Waals surface area contributed by atoms with E-state index in [9.17, 15) is 0 Å². The second kappa shape index (κ2) is 6.64. The summed E-state index contributed by atoms with van der Waals surface area (Å²) in [5.41, 5.74) is 1.24. The van der Waals surface area contributed by atoms with E-state index >= 15 is 0 Å². The van der Waals surface area contributed by atoms with Gasteiger partial charge in [-0.15, -0.1) is 0 Å². The zero-order valence-corrected chi connectivity index (χ0v) is 12.7. The molecule has 0 aliphatic heterocycles. The van der Waals surface area contributed by atoms with Crippen molar-refractivity contribution in [1.29, 1.82) is 0 Å². The number of benzene rings is 1. The molecule has 0 saturated heterocycles. The van der Waals surface area contributed by atoms with Crippen LogP contribution in [0, 0.1) is 0 Å². The lowest BCUT2D eigenvalue weighted by atomic mass is 10.1. The molecular weight excluding hydrogens is 268 g/mol. The average Bonchev–Trinajstić information content (AvgIpc) is 2.70. The molecule has 0 bridgehead atoms. The fraction of sp³-hybridized carbons (Fsp3) is 0.529. The van der Waals surface area contributed by atoms with Gasteiger partial charge in [-0.3, -0.25) is 0 Å². The monoisotopic (exact) mass is 290 g/mol. The molecule has 0 amide bonds. The van der Waals surface area contributed by atoms with Crippen molar-refractivity contribution in [3.05, 3.63) is 35.5 Å². The van der Waals surface area contributed by atoms with Crippen LogP contribution < -0.4 is 5.32 Å². The van der Waals surface area contributed by atoms with Crippen LogP contribution >= 0.6 is 11.6 Å². The molecule has 1 aliphatic rings. The minimum atomic E-state index is 0.725. The van der Waals surface area contributed by atoms with Gasteiger partial charge in [-0.2, -0.15) is 0 Å². The Morgan fingerprint density at radius 2 is 1.90 bits per heavy atom. The van der Waals surface area contributed by atoms with Crippen LogP contribution in [0.1, 0.15) is 38.5 Å². The fourth-order valence-electron chi connectivity index (χ4n) is 3.25. The maximum Gasteiger partial charge on any atom is 0.0499 e. The molecule has 2 nitrogen and oxygen atoms in total. The highest BCUT2D eigenvalue weighted by Crippen LogP contribution is 2.24. The van der Waals surface area contributed by atoms with Gasteiger partial charge >= 0.3 is 0 Å². The molecule has 0 atom stereocenters. The van der Waals surface area contributed by atoms with Crippen molar-refractivity contribution >= 4 is 22.5 Å². The molecule has 1 heterocycles. The maximum absolute atomic E-state index is 6.22. The lowest BCUT2D eigenvalue weighted by Gasteiger charge is -2.16. The number of hydrogen-bond acceptors (Lipinski definition) is 1. The SMILES string of the molecule is Clc1cccc2c1ccn2CCNC1CCCCCC1. The highest BCUT2D eigenvalue weighted by atomic mass is 35.5. The maximum atomic E-state index is 6.22. The van der Waals surface area contributed by atoms with E-state index in [1.807, 2.05) is 12.1 Å². The highest BCUT2D eigenvalue weighted by molar-refractivity contribution is 6.35. The number of aromatic nitrogens is 1. The number of halogens is 1. The Hall–Kier alpha value is -0.990. The van der Waals surface area contributed by atoms with Crippen LogP contribution in [0.3, 0.4) is 0 Å². The van der Waals surface area contributed by atoms with Crippen molar-refractivity contribution in [2.24, 2.45) is 0 Å². The summed E-state index contributed by atoms with van der Waals surface area (Å²) in [5, 5.41) is 5.73. The molecule has 1 N–H and O–H groups in total. The molecule has 2 aromatic rings. The van der Waals surface area contributed by atoms with Crippen molar-refractivity contribution in [1.82, 2.24) is 9.88 Å². The summed E-state index contributed by atoms with van der Waals surface area (Å²) in [7, 11) is 0. The van der Waals surface area contributed by atoms with Gasteiger partial charge in [0, 0.05) is 41.3 Å². The zero-order valence-electron chi connectivity index (χ0n) is 11.9. The fourth-order valence-corrected chi connectivity index (χ4v) is 3.49. The summed E-state index contributed by atoms with van der Waals surface area (Å²) in [6.45, 7) is 2.06. The molecule has 0 radical (unpaired) electrons. The first-order valence-corrected chi connectivity index (χ1v) is 8.19. The first-order chi connectivity index (χ1) is 9.84. The van der Waals surface area contributed by atoms with Crippen LogP contribution in [-0.2, 0) is 6.54 Å². The van der Waals surface area contributed by atoms with E-state index in [0.29, 0.717) is 0 Å². The summed E-state index contributed by atoms with van der Waals surface area (Å²) in [5.74, 6) is 0. The third kappa shape index (κ3) is 3.18. The number of rotatable bonds is 4. The lowest BCUT2D eigenvalue weighted by Crippen LogP contribution is -2.31. The van der Waals surface area contributed by atoms with E-state index in [4.69, 9.17) is 11.6 Å². The van der Waals surface area contributed by atoms with Gasteiger partial charge in [-0.25, -0.2) is 0 Å². The second-order valence-corrected chi connectivity index (χ2v) is 6.23. The second-order valence-electron chi connectivity index (χ2n) is 5.82. The number of fused-ring (bicyclic) bond motifs is 1. The third-order valence-corrected chi connectivity index (χ3v) is 4.73. The van der Waals surface area contributed by atoms with Crippen molar-refractivity contribution in [2.75, 3.05) is 6.54 Å². The predicted octanol–water partition coefficient (Wildman–Crippen LogP) is 4.61. The van der Waals surface area contributed by atoms with E-state index < -0.39 is 0 Å². The quantitative estimate of drug-likeness (QED) is 0.814. The zero-order chi connectivity index (χ0) is 13.8. The minimum absolute atomic E-state index is 0.725. The summed E-state index contributed by atoms with van der Waals surface area (Å²) < 4.78 is 2.30.